The first-order valence-electron chi connectivity index (χ1n) is 1.50. The Morgan fingerprint density at radius 3 is 1.33 bits per heavy atom. The predicted molar refractivity (Wildman–Crippen MR) is 36.5 cm³/mol. The van der Waals surface area contributed by atoms with Gasteiger partial charge < -0.3 is 36.4 Å². The zero-order chi connectivity index (χ0) is 7.71. The molecule has 0 aromatic heterocycles. The van der Waals surface area contributed by atoms with Gasteiger partial charge in [-0.15, -0.1) is 0 Å². The van der Waals surface area contributed by atoms with Crippen LogP contribution in [-0.4, -0.2) is 32.8 Å². The second-order valence-corrected chi connectivity index (χ2v) is 3.55. The summed E-state index contributed by atoms with van der Waals surface area (Å²) in [6.45, 7) is 0. The maximum atomic E-state index is 9.55. The predicted octanol–water partition coefficient (Wildman–Crippen LogP) is -2.13. The fourth-order valence-corrected chi connectivity index (χ4v) is 1.17. The Labute approximate surface area is 84.3 Å². The Hall–Kier alpha value is 0.946. The molecule has 0 spiro atoms. The summed E-state index contributed by atoms with van der Waals surface area (Å²) in [7, 11) is -10.7. The van der Waals surface area contributed by atoms with Crippen molar-refractivity contribution in [2.24, 2.45) is 0 Å². The summed E-state index contributed by atoms with van der Waals surface area (Å²) in [6.07, 6.45) is 0. The molecule has 0 unspecified atom stereocenters. The molecule has 9 nitrogen and oxygen atoms in total. The van der Waals surface area contributed by atoms with Crippen LogP contribution in [0.2, 0.25) is 0 Å². The van der Waals surface area contributed by atoms with Crippen molar-refractivity contribution in [1.29, 1.82) is 0 Å². The molecule has 8 N–H and O–H groups in total. The normalized spacial score (nSPS) is 10.3. The van der Waals surface area contributed by atoms with Crippen LogP contribution in [0.3, 0.4) is 0 Å². The molecule has 12 heteroatoms. The molecule has 0 rings (SSSR count). The van der Waals surface area contributed by atoms with E-state index in [1.807, 2.05) is 0 Å². The Morgan fingerprint density at radius 2 is 1.33 bits per heavy atom. The van der Waals surface area contributed by atoms with Gasteiger partial charge in [0.15, 0.2) is 0 Å². The molecule has 0 bridgehead atoms. The quantitative estimate of drug-likeness (QED) is 0.304. The molecule has 0 saturated carbocycles. The van der Waals surface area contributed by atoms with E-state index in [4.69, 9.17) is 9.79 Å². The van der Waals surface area contributed by atoms with Gasteiger partial charge in [0.2, 0.25) is 0 Å². The van der Waals surface area contributed by atoms with Gasteiger partial charge in [0.25, 0.3) is 0 Å². The van der Waals surface area contributed by atoms with Crippen LogP contribution in [0, 0.1) is 0 Å². The van der Waals surface area contributed by atoms with Crippen molar-refractivity contribution in [3.63, 3.8) is 0 Å². The SMILES string of the molecule is N.N.O=P([O-])([O-])OP(=O)(O)O.[Mg+2]. The molecule has 0 radical (unpaired) electrons. The zero-order valence-electron chi connectivity index (χ0n) is 5.95. The monoisotopic (exact) mass is 234 g/mol. The van der Waals surface area contributed by atoms with Gasteiger partial charge in [0, 0.05) is 0 Å². The molecule has 0 heterocycles. The van der Waals surface area contributed by atoms with Crippen LogP contribution in [0.1, 0.15) is 0 Å². The van der Waals surface area contributed by atoms with Gasteiger partial charge in [0.05, 0.1) is 7.82 Å². The molecule has 0 aliphatic heterocycles. The van der Waals surface area contributed by atoms with Crippen molar-refractivity contribution < 1.29 is 33.0 Å². The number of phosphoric acid groups is 2. The van der Waals surface area contributed by atoms with Crippen LogP contribution in [0.25, 0.3) is 0 Å². The van der Waals surface area contributed by atoms with Gasteiger partial charge in [-0.25, -0.2) is 4.57 Å². The third kappa shape index (κ3) is 22.4. The van der Waals surface area contributed by atoms with Crippen LogP contribution in [-0.2, 0) is 13.4 Å². The van der Waals surface area contributed by atoms with Crippen molar-refractivity contribution in [2.45, 2.75) is 0 Å². The fraction of sp³-hybridized carbons (Fsp3) is 0. The van der Waals surface area contributed by atoms with Crippen molar-refractivity contribution in [3.05, 3.63) is 0 Å². The van der Waals surface area contributed by atoms with E-state index in [1.165, 1.54) is 0 Å². The zero-order valence-corrected chi connectivity index (χ0v) is 9.15. The van der Waals surface area contributed by atoms with Crippen molar-refractivity contribution in [2.75, 3.05) is 0 Å². The minimum absolute atomic E-state index is 0. The summed E-state index contributed by atoms with van der Waals surface area (Å²) < 4.78 is 21.7. The molecule has 0 fully saturated rings. The van der Waals surface area contributed by atoms with Crippen LogP contribution in [0.4, 0.5) is 0 Å². The van der Waals surface area contributed by atoms with E-state index >= 15 is 0 Å². The maximum Gasteiger partial charge on any atom is 2.00 e. The molecule has 0 aromatic rings. The van der Waals surface area contributed by atoms with Gasteiger partial charge in [-0.3, -0.25) is 4.31 Å². The first-order chi connectivity index (χ1) is 3.71. The van der Waals surface area contributed by atoms with Crippen LogP contribution < -0.4 is 22.1 Å². The van der Waals surface area contributed by atoms with Gasteiger partial charge in [-0.05, 0) is 0 Å². The number of hydrogen-bond donors (Lipinski definition) is 4. The topological polar surface area (TPSA) is 200 Å². The summed E-state index contributed by atoms with van der Waals surface area (Å²) in [5.74, 6) is 0. The van der Waals surface area contributed by atoms with Crippen molar-refractivity contribution in [1.82, 2.24) is 12.3 Å². The average molecular weight is 234 g/mol. The van der Waals surface area contributed by atoms with Gasteiger partial charge in [-0.2, -0.15) is 0 Å². The molecule has 72 valence electrons. The molecular weight excluding hydrogens is 226 g/mol. The van der Waals surface area contributed by atoms with E-state index in [9.17, 15) is 18.9 Å². The summed E-state index contributed by atoms with van der Waals surface area (Å²) in [5.41, 5.74) is 0. The second kappa shape index (κ2) is 7.36. The summed E-state index contributed by atoms with van der Waals surface area (Å²) >= 11 is 0. The molecule has 0 atom stereocenters. The number of rotatable bonds is 2. The third-order valence-corrected chi connectivity index (χ3v) is 1.86. The van der Waals surface area contributed by atoms with Crippen molar-refractivity contribution in [3.8, 4) is 0 Å². The van der Waals surface area contributed by atoms with Gasteiger partial charge in [0.1, 0.15) is 0 Å². The van der Waals surface area contributed by atoms with E-state index in [0.29, 0.717) is 0 Å². The third-order valence-electron chi connectivity index (χ3n) is 0.206. The molecule has 0 aliphatic rings. The molecule has 0 amide bonds. The van der Waals surface area contributed by atoms with E-state index < -0.39 is 15.6 Å². The summed E-state index contributed by atoms with van der Waals surface area (Å²) in [4.78, 5) is 34.1. The molecular formula is H8MgN2O7P2. The minimum atomic E-state index is -5.55. The van der Waals surface area contributed by atoms with Crippen LogP contribution in [0.15, 0.2) is 0 Å². The Morgan fingerprint density at radius 1 is 1.08 bits per heavy atom. The van der Waals surface area contributed by atoms with E-state index in [0.717, 1.165) is 0 Å². The summed E-state index contributed by atoms with van der Waals surface area (Å²) in [6, 6.07) is 0. The van der Waals surface area contributed by atoms with Gasteiger partial charge in [-0.1, -0.05) is 0 Å². The standard InChI is InChI=1S/Mg.2H3N.H4O7P2/c;;;1-8(2,3)7-9(4,5)6/h;2*1H3;(H2,1,2,3)(H2,4,5,6)/q+2;;;/p-2. The first-order valence-corrected chi connectivity index (χ1v) is 4.49. The first kappa shape index (κ1) is 23.1. The fourth-order valence-electron chi connectivity index (χ4n) is 0.130. The maximum absolute atomic E-state index is 9.55. The second-order valence-electron chi connectivity index (χ2n) is 1.02. The molecule has 0 aromatic carbocycles. The van der Waals surface area contributed by atoms with Gasteiger partial charge >= 0.3 is 30.9 Å². The van der Waals surface area contributed by atoms with E-state index in [-0.39, 0.29) is 35.4 Å². The minimum Gasteiger partial charge on any atom is -0.789 e. The van der Waals surface area contributed by atoms with E-state index in [2.05, 4.69) is 4.31 Å². The van der Waals surface area contributed by atoms with E-state index in [1.54, 1.807) is 0 Å². The molecule has 12 heavy (non-hydrogen) atoms. The Balaban J connectivity index is -0.000000107. The Bertz CT molecular complexity index is 160. The molecule has 0 aliphatic carbocycles. The Kier molecular flexibility index (Phi) is 14.2. The average Bonchev–Trinajstić information content (AvgIpc) is 1.14. The summed E-state index contributed by atoms with van der Waals surface area (Å²) in [5, 5.41) is 0. The van der Waals surface area contributed by atoms with Crippen LogP contribution in [0.5, 0.6) is 0 Å². The van der Waals surface area contributed by atoms with Crippen LogP contribution >= 0.6 is 15.6 Å². The largest absolute Gasteiger partial charge is 2.00 e. The smallest absolute Gasteiger partial charge is 0.789 e. The van der Waals surface area contributed by atoms with Crippen molar-refractivity contribution >= 4 is 38.7 Å². The number of hydrogen-bond acceptors (Lipinski definition) is 7. The molecule has 0 saturated heterocycles.